The second-order valence-corrected chi connectivity index (χ2v) is 4.29. The van der Waals surface area contributed by atoms with Gasteiger partial charge in [0.2, 0.25) is 0 Å². The Hall–Kier alpha value is -1.22. The molecule has 2 rings (SSSR count). The van der Waals surface area contributed by atoms with E-state index in [1.54, 1.807) is 7.11 Å². The van der Waals surface area contributed by atoms with Gasteiger partial charge in [-0.05, 0) is 30.5 Å². The zero-order valence-corrected chi connectivity index (χ0v) is 9.74. The predicted octanol–water partition coefficient (Wildman–Crippen LogP) is 2.74. The van der Waals surface area contributed by atoms with E-state index in [4.69, 9.17) is 15.2 Å². The van der Waals surface area contributed by atoms with Crippen LogP contribution in [0.15, 0.2) is 18.2 Å². The lowest BCUT2D eigenvalue weighted by atomic mass is 10.2. The van der Waals surface area contributed by atoms with Crippen molar-refractivity contribution in [2.24, 2.45) is 0 Å². The van der Waals surface area contributed by atoms with Crippen molar-refractivity contribution in [3.8, 4) is 5.75 Å². The Labute approximate surface area is 96.5 Å². The summed E-state index contributed by atoms with van der Waals surface area (Å²) in [5.74, 6) is 0.726. The molecule has 0 heterocycles. The summed E-state index contributed by atoms with van der Waals surface area (Å²) in [4.78, 5) is 0. The maximum Gasteiger partial charge on any atom is 0.141 e. The lowest BCUT2D eigenvalue weighted by molar-refractivity contribution is 0.0457. The van der Waals surface area contributed by atoms with Crippen LogP contribution in [0.1, 0.15) is 31.2 Å². The monoisotopic (exact) mass is 221 g/mol. The van der Waals surface area contributed by atoms with E-state index in [0.717, 1.165) is 11.3 Å². The Balaban J connectivity index is 1.91. The van der Waals surface area contributed by atoms with Crippen LogP contribution in [0, 0.1) is 0 Å². The number of nitrogen functional groups attached to an aromatic ring is 1. The highest BCUT2D eigenvalue weighted by Gasteiger charge is 2.15. The Morgan fingerprint density at radius 1 is 1.31 bits per heavy atom. The summed E-state index contributed by atoms with van der Waals surface area (Å²) in [5, 5.41) is 0. The van der Waals surface area contributed by atoms with Crippen LogP contribution in [0.4, 0.5) is 5.69 Å². The van der Waals surface area contributed by atoms with E-state index >= 15 is 0 Å². The number of hydrogen-bond acceptors (Lipinski definition) is 3. The van der Waals surface area contributed by atoms with E-state index in [-0.39, 0.29) is 0 Å². The number of benzene rings is 1. The van der Waals surface area contributed by atoms with Crippen LogP contribution < -0.4 is 10.5 Å². The molecule has 3 nitrogen and oxygen atoms in total. The van der Waals surface area contributed by atoms with Gasteiger partial charge in [0, 0.05) is 0 Å². The normalized spacial score (nSPS) is 16.6. The molecule has 0 atom stereocenters. The van der Waals surface area contributed by atoms with Gasteiger partial charge in [0.1, 0.15) is 5.75 Å². The van der Waals surface area contributed by atoms with E-state index in [9.17, 15) is 0 Å². The standard InChI is InChI=1S/C13H19NO2/c1-15-13-7-6-10(8-12(13)14)9-16-11-4-2-3-5-11/h6-8,11H,2-5,9,14H2,1H3. The zero-order valence-electron chi connectivity index (χ0n) is 9.74. The number of nitrogens with two attached hydrogens (primary N) is 1. The minimum Gasteiger partial charge on any atom is -0.495 e. The summed E-state index contributed by atoms with van der Waals surface area (Å²) in [7, 11) is 1.63. The molecular formula is C13H19NO2. The van der Waals surface area contributed by atoms with Crippen LogP contribution in [-0.2, 0) is 11.3 Å². The highest BCUT2D eigenvalue weighted by atomic mass is 16.5. The van der Waals surface area contributed by atoms with Gasteiger partial charge in [0.15, 0.2) is 0 Å². The second kappa shape index (κ2) is 5.21. The van der Waals surface area contributed by atoms with Gasteiger partial charge in [0.05, 0.1) is 25.5 Å². The number of ether oxygens (including phenoxy) is 2. The van der Waals surface area contributed by atoms with Crippen LogP contribution in [0.3, 0.4) is 0 Å². The van der Waals surface area contributed by atoms with Gasteiger partial charge in [-0.15, -0.1) is 0 Å². The third-order valence-electron chi connectivity index (χ3n) is 3.08. The number of hydrogen-bond donors (Lipinski definition) is 1. The average molecular weight is 221 g/mol. The largest absolute Gasteiger partial charge is 0.495 e. The molecule has 3 heteroatoms. The molecule has 0 spiro atoms. The fraction of sp³-hybridized carbons (Fsp3) is 0.538. The van der Waals surface area contributed by atoms with Crippen molar-refractivity contribution in [1.29, 1.82) is 0 Å². The van der Waals surface area contributed by atoms with Gasteiger partial charge >= 0.3 is 0 Å². The fourth-order valence-electron chi connectivity index (χ4n) is 2.14. The summed E-state index contributed by atoms with van der Waals surface area (Å²) in [6.07, 6.45) is 5.45. The molecule has 1 aromatic carbocycles. The predicted molar refractivity (Wildman–Crippen MR) is 64.5 cm³/mol. The van der Waals surface area contributed by atoms with Crippen LogP contribution in [0.2, 0.25) is 0 Å². The molecular weight excluding hydrogens is 202 g/mol. The Bertz CT molecular complexity index is 346. The number of rotatable bonds is 4. The topological polar surface area (TPSA) is 44.5 Å². The fourth-order valence-corrected chi connectivity index (χ4v) is 2.14. The van der Waals surface area contributed by atoms with E-state index in [2.05, 4.69) is 0 Å². The van der Waals surface area contributed by atoms with Gasteiger partial charge in [-0.2, -0.15) is 0 Å². The molecule has 16 heavy (non-hydrogen) atoms. The lowest BCUT2D eigenvalue weighted by Crippen LogP contribution is -2.07. The Morgan fingerprint density at radius 3 is 2.69 bits per heavy atom. The molecule has 0 unspecified atom stereocenters. The summed E-state index contributed by atoms with van der Waals surface area (Å²) in [6.45, 7) is 0.652. The first-order chi connectivity index (χ1) is 7.79. The number of methoxy groups -OCH3 is 1. The SMILES string of the molecule is COc1ccc(COC2CCCC2)cc1N. The van der Waals surface area contributed by atoms with Gasteiger partial charge in [-0.25, -0.2) is 0 Å². The summed E-state index contributed by atoms with van der Waals surface area (Å²) >= 11 is 0. The minimum atomic E-state index is 0.448. The molecule has 2 N–H and O–H groups in total. The highest BCUT2D eigenvalue weighted by Crippen LogP contribution is 2.25. The molecule has 0 bridgehead atoms. The van der Waals surface area contributed by atoms with Crippen molar-refractivity contribution in [3.05, 3.63) is 23.8 Å². The van der Waals surface area contributed by atoms with Crippen LogP contribution in [0.25, 0.3) is 0 Å². The Kier molecular flexibility index (Phi) is 3.67. The molecule has 1 saturated carbocycles. The highest BCUT2D eigenvalue weighted by molar-refractivity contribution is 5.54. The third kappa shape index (κ3) is 2.67. The van der Waals surface area contributed by atoms with Gasteiger partial charge in [-0.1, -0.05) is 18.9 Å². The summed E-state index contributed by atoms with van der Waals surface area (Å²) in [6, 6.07) is 5.82. The smallest absolute Gasteiger partial charge is 0.141 e. The Morgan fingerprint density at radius 2 is 2.06 bits per heavy atom. The van der Waals surface area contributed by atoms with Crippen molar-refractivity contribution in [2.45, 2.75) is 38.4 Å². The van der Waals surface area contributed by atoms with Crippen molar-refractivity contribution in [3.63, 3.8) is 0 Å². The molecule has 88 valence electrons. The first-order valence-corrected chi connectivity index (χ1v) is 5.83. The minimum absolute atomic E-state index is 0.448. The summed E-state index contributed by atoms with van der Waals surface area (Å²) in [5.41, 5.74) is 7.63. The molecule has 1 fully saturated rings. The van der Waals surface area contributed by atoms with E-state index < -0.39 is 0 Å². The first-order valence-electron chi connectivity index (χ1n) is 5.83. The zero-order chi connectivity index (χ0) is 11.4. The molecule has 1 aliphatic carbocycles. The van der Waals surface area contributed by atoms with Crippen LogP contribution in [-0.4, -0.2) is 13.2 Å². The molecule has 0 saturated heterocycles. The molecule has 0 amide bonds. The number of anilines is 1. The third-order valence-corrected chi connectivity index (χ3v) is 3.08. The molecule has 1 aliphatic rings. The quantitative estimate of drug-likeness (QED) is 0.795. The lowest BCUT2D eigenvalue weighted by Gasteiger charge is -2.12. The maximum absolute atomic E-state index is 5.84. The molecule has 1 aromatic rings. The van der Waals surface area contributed by atoms with Crippen molar-refractivity contribution in [2.75, 3.05) is 12.8 Å². The van der Waals surface area contributed by atoms with Crippen molar-refractivity contribution in [1.82, 2.24) is 0 Å². The van der Waals surface area contributed by atoms with E-state index in [0.29, 0.717) is 18.4 Å². The van der Waals surface area contributed by atoms with Crippen LogP contribution >= 0.6 is 0 Å². The van der Waals surface area contributed by atoms with Crippen molar-refractivity contribution >= 4 is 5.69 Å². The van der Waals surface area contributed by atoms with Gasteiger partial charge in [0.25, 0.3) is 0 Å². The molecule has 0 aliphatic heterocycles. The van der Waals surface area contributed by atoms with E-state index in [1.165, 1.54) is 25.7 Å². The second-order valence-electron chi connectivity index (χ2n) is 4.29. The van der Waals surface area contributed by atoms with Crippen molar-refractivity contribution < 1.29 is 9.47 Å². The molecule has 0 aromatic heterocycles. The average Bonchev–Trinajstić information content (AvgIpc) is 2.79. The first kappa shape index (κ1) is 11.3. The van der Waals surface area contributed by atoms with Gasteiger partial charge < -0.3 is 15.2 Å². The van der Waals surface area contributed by atoms with Gasteiger partial charge in [-0.3, -0.25) is 0 Å². The van der Waals surface area contributed by atoms with Crippen LogP contribution in [0.5, 0.6) is 5.75 Å². The maximum atomic E-state index is 5.84. The van der Waals surface area contributed by atoms with E-state index in [1.807, 2.05) is 18.2 Å². The summed E-state index contributed by atoms with van der Waals surface area (Å²) < 4.78 is 10.9. The molecule has 0 radical (unpaired) electrons.